The summed E-state index contributed by atoms with van der Waals surface area (Å²) < 4.78 is 16.0. The predicted molar refractivity (Wildman–Crippen MR) is 112 cm³/mol. The molecule has 1 aromatic carbocycles. The summed E-state index contributed by atoms with van der Waals surface area (Å²) in [6.07, 6.45) is 0. The highest BCUT2D eigenvalue weighted by Crippen LogP contribution is 2.34. The van der Waals surface area contributed by atoms with Crippen LogP contribution in [0.5, 0.6) is 11.5 Å². The van der Waals surface area contributed by atoms with E-state index in [2.05, 4.69) is 27.5 Å². The Morgan fingerprint density at radius 2 is 1.83 bits per heavy atom. The summed E-state index contributed by atoms with van der Waals surface area (Å²) in [5.41, 5.74) is 1.69. The van der Waals surface area contributed by atoms with Gasteiger partial charge in [0.2, 0.25) is 0 Å². The minimum atomic E-state index is -0.653. The molecule has 30 heavy (non-hydrogen) atoms. The maximum atomic E-state index is 12.9. The molecule has 1 aromatic rings. The lowest BCUT2D eigenvalue weighted by Gasteiger charge is -2.35. The van der Waals surface area contributed by atoms with Gasteiger partial charge in [-0.2, -0.15) is 0 Å². The zero-order valence-corrected chi connectivity index (χ0v) is 18.0. The first-order chi connectivity index (χ1) is 14.5. The Labute approximate surface area is 176 Å². The number of urea groups is 1. The Morgan fingerprint density at radius 3 is 2.47 bits per heavy atom. The van der Waals surface area contributed by atoms with E-state index in [1.165, 1.54) is 0 Å². The maximum Gasteiger partial charge on any atom is 0.338 e. The van der Waals surface area contributed by atoms with Gasteiger partial charge in [0.25, 0.3) is 0 Å². The fourth-order valence-electron chi connectivity index (χ4n) is 3.70. The van der Waals surface area contributed by atoms with E-state index < -0.39 is 12.0 Å². The normalized spacial score (nSPS) is 20.4. The van der Waals surface area contributed by atoms with Crippen LogP contribution in [0.25, 0.3) is 0 Å². The van der Waals surface area contributed by atoms with Gasteiger partial charge in [-0.05, 0) is 31.7 Å². The van der Waals surface area contributed by atoms with Crippen LogP contribution in [0.4, 0.5) is 4.79 Å². The third-order valence-electron chi connectivity index (χ3n) is 5.37. The van der Waals surface area contributed by atoms with E-state index in [1.54, 1.807) is 33.3 Å². The topological polar surface area (TPSA) is 92.4 Å². The van der Waals surface area contributed by atoms with Crippen LogP contribution < -0.4 is 20.1 Å². The SMILES string of the molecule is CCOC(=O)C1=C(CN2CCN(C)CC2)NC(=O)N[C@@H]1c1ccc(OC)c(OC)c1. The highest BCUT2D eigenvalue weighted by Gasteiger charge is 2.35. The number of nitrogens with one attached hydrogen (secondary N) is 2. The van der Waals surface area contributed by atoms with Crippen LogP contribution in [-0.4, -0.2) is 82.4 Å². The van der Waals surface area contributed by atoms with Crippen LogP contribution in [0.3, 0.4) is 0 Å². The van der Waals surface area contributed by atoms with Crippen molar-refractivity contribution in [2.24, 2.45) is 0 Å². The molecule has 2 amide bonds. The van der Waals surface area contributed by atoms with Crippen molar-refractivity contribution in [1.82, 2.24) is 20.4 Å². The lowest BCUT2D eigenvalue weighted by Crippen LogP contribution is -2.51. The molecule has 2 aliphatic heterocycles. The minimum Gasteiger partial charge on any atom is -0.493 e. The van der Waals surface area contributed by atoms with E-state index in [0.29, 0.717) is 34.9 Å². The maximum absolute atomic E-state index is 12.9. The zero-order valence-electron chi connectivity index (χ0n) is 18.0. The lowest BCUT2D eigenvalue weighted by molar-refractivity contribution is -0.139. The second-order valence-electron chi connectivity index (χ2n) is 7.34. The van der Waals surface area contributed by atoms with Crippen LogP contribution in [0, 0.1) is 0 Å². The van der Waals surface area contributed by atoms with Crippen LogP contribution >= 0.6 is 0 Å². The van der Waals surface area contributed by atoms with Crippen LogP contribution in [-0.2, 0) is 9.53 Å². The molecule has 0 bridgehead atoms. The van der Waals surface area contributed by atoms with E-state index in [9.17, 15) is 9.59 Å². The largest absolute Gasteiger partial charge is 0.493 e. The Hall–Kier alpha value is -2.78. The number of hydrogen-bond acceptors (Lipinski definition) is 7. The molecule has 0 saturated carbocycles. The monoisotopic (exact) mass is 418 g/mol. The number of nitrogens with zero attached hydrogens (tertiary/aromatic N) is 2. The summed E-state index contributed by atoms with van der Waals surface area (Å²) in [7, 11) is 5.19. The molecular weight excluding hydrogens is 388 g/mol. The number of amides is 2. The Bertz CT molecular complexity index is 818. The van der Waals surface area contributed by atoms with Crippen LogP contribution in [0.1, 0.15) is 18.5 Å². The van der Waals surface area contributed by atoms with Crippen molar-refractivity contribution in [2.75, 3.05) is 60.6 Å². The van der Waals surface area contributed by atoms with Gasteiger partial charge in [0, 0.05) is 38.4 Å². The first-order valence-corrected chi connectivity index (χ1v) is 10.1. The van der Waals surface area contributed by atoms with Gasteiger partial charge in [-0.3, -0.25) is 4.90 Å². The molecule has 9 nitrogen and oxygen atoms in total. The van der Waals surface area contributed by atoms with Crippen molar-refractivity contribution in [3.63, 3.8) is 0 Å². The Balaban J connectivity index is 1.99. The van der Waals surface area contributed by atoms with Crippen molar-refractivity contribution in [2.45, 2.75) is 13.0 Å². The molecule has 0 radical (unpaired) electrons. The number of piperazine rings is 1. The fourth-order valence-corrected chi connectivity index (χ4v) is 3.70. The second-order valence-corrected chi connectivity index (χ2v) is 7.34. The van der Waals surface area contributed by atoms with Crippen molar-refractivity contribution < 1.29 is 23.8 Å². The number of carbonyl (C=O) groups excluding carboxylic acids is 2. The van der Waals surface area contributed by atoms with Crippen LogP contribution in [0.2, 0.25) is 0 Å². The highest BCUT2D eigenvalue weighted by atomic mass is 16.5. The molecule has 2 heterocycles. The number of rotatable bonds is 7. The number of likely N-dealkylation sites (N-methyl/N-ethyl adjacent to an activating group) is 1. The molecule has 3 rings (SSSR count). The van der Waals surface area contributed by atoms with E-state index in [4.69, 9.17) is 14.2 Å². The third kappa shape index (κ3) is 4.85. The minimum absolute atomic E-state index is 0.247. The molecule has 1 atom stereocenters. The molecule has 164 valence electrons. The number of benzene rings is 1. The quantitative estimate of drug-likeness (QED) is 0.641. The molecule has 0 aliphatic carbocycles. The first kappa shape index (κ1) is 21.9. The van der Waals surface area contributed by atoms with E-state index in [-0.39, 0.29) is 12.6 Å². The van der Waals surface area contributed by atoms with Gasteiger partial charge in [0.1, 0.15) is 0 Å². The fraction of sp³-hybridized carbons (Fsp3) is 0.524. The molecule has 1 saturated heterocycles. The first-order valence-electron chi connectivity index (χ1n) is 10.1. The average molecular weight is 418 g/mol. The lowest BCUT2D eigenvalue weighted by atomic mass is 9.94. The average Bonchev–Trinajstić information content (AvgIpc) is 2.74. The summed E-state index contributed by atoms with van der Waals surface area (Å²) in [6.45, 7) is 6.08. The highest BCUT2D eigenvalue weighted by molar-refractivity contribution is 5.95. The van der Waals surface area contributed by atoms with E-state index in [1.807, 2.05) is 6.07 Å². The van der Waals surface area contributed by atoms with Gasteiger partial charge in [0.15, 0.2) is 11.5 Å². The molecule has 2 aliphatic rings. The standard InChI is InChI=1S/C21H30N4O5/c1-5-30-20(26)18-15(13-25-10-8-24(2)9-11-25)22-21(27)23-19(18)14-6-7-16(28-3)17(12-14)29-4/h6-7,12,19H,5,8-11,13H2,1-4H3,(H2,22,23,27)/t19-/m1/s1. The summed E-state index contributed by atoms with van der Waals surface area (Å²) in [4.78, 5) is 29.9. The molecule has 1 fully saturated rings. The van der Waals surface area contributed by atoms with Crippen molar-refractivity contribution in [3.05, 3.63) is 35.0 Å². The molecule has 0 aromatic heterocycles. The van der Waals surface area contributed by atoms with Gasteiger partial charge >= 0.3 is 12.0 Å². The summed E-state index contributed by atoms with van der Waals surface area (Å²) in [6, 6.07) is 4.32. The van der Waals surface area contributed by atoms with E-state index in [0.717, 1.165) is 26.2 Å². The summed E-state index contributed by atoms with van der Waals surface area (Å²) >= 11 is 0. The van der Waals surface area contributed by atoms with Gasteiger partial charge in [-0.25, -0.2) is 9.59 Å². The molecular formula is C21H30N4O5. The van der Waals surface area contributed by atoms with E-state index >= 15 is 0 Å². The van der Waals surface area contributed by atoms with Crippen LogP contribution in [0.15, 0.2) is 29.5 Å². The molecule has 9 heteroatoms. The molecule has 0 unspecified atom stereocenters. The van der Waals surface area contributed by atoms with Crippen molar-refractivity contribution in [3.8, 4) is 11.5 Å². The Morgan fingerprint density at radius 1 is 1.13 bits per heavy atom. The summed E-state index contributed by atoms with van der Waals surface area (Å²) in [5, 5.41) is 5.69. The third-order valence-corrected chi connectivity index (χ3v) is 5.37. The number of ether oxygens (including phenoxy) is 3. The molecule has 2 N–H and O–H groups in total. The predicted octanol–water partition coefficient (Wildman–Crippen LogP) is 1.12. The number of methoxy groups -OCH3 is 2. The zero-order chi connectivity index (χ0) is 21.7. The van der Waals surface area contributed by atoms with Gasteiger partial charge in [0.05, 0.1) is 32.4 Å². The van der Waals surface area contributed by atoms with Gasteiger partial charge < -0.3 is 29.7 Å². The number of hydrogen-bond donors (Lipinski definition) is 2. The van der Waals surface area contributed by atoms with Gasteiger partial charge in [-0.15, -0.1) is 0 Å². The smallest absolute Gasteiger partial charge is 0.338 e. The summed E-state index contributed by atoms with van der Waals surface area (Å²) in [5.74, 6) is 0.640. The number of esters is 1. The van der Waals surface area contributed by atoms with Crippen molar-refractivity contribution >= 4 is 12.0 Å². The number of carbonyl (C=O) groups is 2. The van der Waals surface area contributed by atoms with Crippen molar-refractivity contribution in [1.29, 1.82) is 0 Å². The molecule has 0 spiro atoms. The van der Waals surface area contributed by atoms with Gasteiger partial charge in [-0.1, -0.05) is 6.07 Å². The second kappa shape index (κ2) is 9.82. The Kier molecular flexibility index (Phi) is 7.17.